The summed E-state index contributed by atoms with van der Waals surface area (Å²) in [6.45, 7) is 1.89. The zero-order chi connectivity index (χ0) is 14.2. The molecule has 0 aliphatic heterocycles. The van der Waals surface area contributed by atoms with Gasteiger partial charge in [-0.1, -0.05) is 22.9 Å². The van der Waals surface area contributed by atoms with Gasteiger partial charge >= 0.3 is 5.97 Å². The Labute approximate surface area is 122 Å². The van der Waals surface area contributed by atoms with Crippen molar-refractivity contribution in [3.05, 3.63) is 38.9 Å². The van der Waals surface area contributed by atoms with Gasteiger partial charge in [0.2, 0.25) is 0 Å². The topological polar surface area (TPSA) is 63.3 Å². The Kier molecular flexibility index (Phi) is 3.91. The van der Waals surface area contributed by atoms with E-state index in [1.165, 1.54) is 12.1 Å². The van der Waals surface area contributed by atoms with E-state index in [-0.39, 0.29) is 16.4 Å². The van der Waals surface area contributed by atoms with Crippen molar-refractivity contribution in [2.24, 2.45) is 0 Å². The van der Waals surface area contributed by atoms with Crippen molar-refractivity contribution in [1.82, 2.24) is 0 Å². The molecule has 0 spiro atoms. The number of halogens is 2. The van der Waals surface area contributed by atoms with E-state index < -0.39 is 5.97 Å². The van der Waals surface area contributed by atoms with Gasteiger partial charge in [-0.05, 0) is 35.7 Å². The fraction of sp³-hybridized carbons (Fsp3) is 0.154. The number of hydrogen-bond acceptors (Lipinski definition) is 3. The number of carboxylic acids is 1. The number of hydrogen-bond donors (Lipinski definition) is 2. The lowest BCUT2D eigenvalue weighted by atomic mass is 10.1. The van der Waals surface area contributed by atoms with Crippen LogP contribution in [0.1, 0.15) is 22.2 Å². The van der Waals surface area contributed by atoms with Gasteiger partial charge in [-0.3, -0.25) is 0 Å². The number of nitrogens with two attached hydrogens (primary N) is 1. The minimum Gasteiger partial charge on any atom is -0.477 e. The van der Waals surface area contributed by atoms with Gasteiger partial charge in [-0.2, -0.15) is 0 Å². The number of carboxylic acid groups (broad SMARTS) is 1. The van der Waals surface area contributed by atoms with E-state index in [0.717, 1.165) is 16.9 Å². The summed E-state index contributed by atoms with van der Waals surface area (Å²) in [5.41, 5.74) is 7.51. The van der Waals surface area contributed by atoms with Crippen LogP contribution in [0, 0.1) is 5.82 Å². The molecule has 0 radical (unpaired) electrons. The van der Waals surface area contributed by atoms with Crippen molar-refractivity contribution < 1.29 is 14.3 Å². The van der Waals surface area contributed by atoms with Gasteiger partial charge in [0.15, 0.2) is 0 Å². The third-order valence-corrected chi connectivity index (χ3v) is 4.46. The molecule has 100 valence electrons. The molecule has 0 aliphatic rings. The minimum absolute atomic E-state index is 0.104. The lowest BCUT2D eigenvalue weighted by molar-refractivity contribution is 0.0703. The predicted octanol–water partition coefficient (Wildman–Crippen LogP) is 4.16. The molecule has 2 rings (SSSR count). The van der Waals surface area contributed by atoms with Crippen LogP contribution in [0.2, 0.25) is 0 Å². The molecule has 3 nitrogen and oxygen atoms in total. The van der Waals surface area contributed by atoms with Crippen LogP contribution < -0.4 is 5.73 Å². The quantitative estimate of drug-likeness (QED) is 0.879. The molecule has 19 heavy (non-hydrogen) atoms. The van der Waals surface area contributed by atoms with E-state index in [9.17, 15) is 9.18 Å². The largest absolute Gasteiger partial charge is 0.477 e. The van der Waals surface area contributed by atoms with Crippen LogP contribution in [0.4, 0.5) is 10.1 Å². The van der Waals surface area contributed by atoms with Crippen molar-refractivity contribution in [3.8, 4) is 10.4 Å². The summed E-state index contributed by atoms with van der Waals surface area (Å²) >= 11 is 4.31. The zero-order valence-corrected chi connectivity index (χ0v) is 12.4. The minimum atomic E-state index is -1.06. The van der Waals surface area contributed by atoms with Crippen molar-refractivity contribution in [2.75, 3.05) is 5.73 Å². The second-order valence-corrected chi connectivity index (χ2v) is 5.91. The van der Waals surface area contributed by atoms with E-state index in [2.05, 4.69) is 15.9 Å². The molecule has 1 heterocycles. The molecular weight excluding hydrogens is 333 g/mol. The summed E-state index contributed by atoms with van der Waals surface area (Å²) in [4.78, 5) is 11.9. The zero-order valence-electron chi connectivity index (χ0n) is 10.0. The summed E-state index contributed by atoms with van der Waals surface area (Å²) in [5.74, 6) is -1.44. The lowest BCUT2D eigenvalue weighted by Crippen LogP contribution is -1.99. The predicted molar refractivity (Wildman–Crippen MR) is 78.2 cm³/mol. The second-order valence-electron chi connectivity index (χ2n) is 3.97. The van der Waals surface area contributed by atoms with Crippen LogP contribution >= 0.6 is 27.3 Å². The maximum atomic E-state index is 13.4. The molecule has 0 saturated carbocycles. The van der Waals surface area contributed by atoms with Crippen LogP contribution in [0.3, 0.4) is 0 Å². The maximum Gasteiger partial charge on any atom is 0.348 e. The first kappa shape index (κ1) is 14.0. The van der Waals surface area contributed by atoms with Gasteiger partial charge in [0.1, 0.15) is 10.7 Å². The number of rotatable bonds is 3. The number of thiophene rings is 1. The van der Waals surface area contributed by atoms with Crippen molar-refractivity contribution in [3.63, 3.8) is 0 Å². The molecule has 0 atom stereocenters. The summed E-state index contributed by atoms with van der Waals surface area (Å²) in [6, 6.07) is 4.48. The maximum absolute atomic E-state index is 13.4. The molecule has 0 unspecified atom stereocenters. The third-order valence-electron chi connectivity index (χ3n) is 2.72. The van der Waals surface area contributed by atoms with Gasteiger partial charge < -0.3 is 10.8 Å². The molecule has 0 amide bonds. The van der Waals surface area contributed by atoms with E-state index >= 15 is 0 Å². The van der Waals surface area contributed by atoms with Crippen LogP contribution in [0.25, 0.3) is 10.4 Å². The Balaban J connectivity index is 2.67. The Bertz CT molecular complexity index is 634. The van der Waals surface area contributed by atoms with Gasteiger partial charge in [0.05, 0.1) is 5.69 Å². The monoisotopic (exact) mass is 343 g/mol. The highest BCUT2D eigenvalue weighted by molar-refractivity contribution is 9.10. The molecule has 1 aromatic heterocycles. The van der Waals surface area contributed by atoms with E-state index in [4.69, 9.17) is 10.8 Å². The second kappa shape index (κ2) is 5.30. The molecule has 3 N–H and O–H groups in total. The van der Waals surface area contributed by atoms with Crippen molar-refractivity contribution in [2.45, 2.75) is 13.3 Å². The average Bonchev–Trinajstić information content (AvgIpc) is 2.65. The Morgan fingerprint density at radius 1 is 1.47 bits per heavy atom. The SMILES string of the molecule is CCc1c(-c2cc(F)cc(Br)c2)sc(C(=O)O)c1N. The van der Waals surface area contributed by atoms with Gasteiger partial charge in [0, 0.05) is 9.35 Å². The Morgan fingerprint density at radius 2 is 2.16 bits per heavy atom. The normalized spacial score (nSPS) is 10.7. The number of aromatic carboxylic acids is 1. The highest BCUT2D eigenvalue weighted by atomic mass is 79.9. The first-order valence-corrected chi connectivity index (χ1v) is 7.15. The molecule has 0 fully saturated rings. The van der Waals surface area contributed by atoms with Crippen LogP contribution in [0.15, 0.2) is 22.7 Å². The first-order chi connectivity index (χ1) is 8.93. The van der Waals surface area contributed by atoms with Crippen LogP contribution in [0.5, 0.6) is 0 Å². The van der Waals surface area contributed by atoms with E-state index in [0.29, 0.717) is 21.3 Å². The standard InChI is InChI=1S/C13H11BrFNO2S/c1-2-9-10(16)12(13(17)18)19-11(9)6-3-7(14)5-8(15)4-6/h3-5H,2,16H2,1H3,(H,17,18). The molecule has 2 aromatic rings. The van der Waals surface area contributed by atoms with Gasteiger partial charge in [-0.15, -0.1) is 11.3 Å². The lowest BCUT2D eigenvalue weighted by Gasteiger charge is -2.04. The fourth-order valence-electron chi connectivity index (χ4n) is 1.91. The van der Waals surface area contributed by atoms with E-state index in [1.54, 1.807) is 6.07 Å². The van der Waals surface area contributed by atoms with Crippen LogP contribution in [-0.2, 0) is 6.42 Å². The smallest absolute Gasteiger partial charge is 0.348 e. The average molecular weight is 344 g/mol. The summed E-state index contributed by atoms with van der Waals surface area (Å²) in [5, 5.41) is 9.10. The molecule has 6 heteroatoms. The summed E-state index contributed by atoms with van der Waals surface area (Å²) in [7, 11) is 0. The molecular formula is C13H11BrFNO2S. The van der Waals surface area contributed by atoms with Gasteiger partial charge in [-0.25, -0.2) is 9.18 Å². The molecule has 1 aromatic carbocycles. The molecule has 0 bridgehead atoms. The molecule has 0 aliphatic carbocycles. The Hall–Kier alpha value is -1.40. The van der Waals surface area contributed by atoms with Crippen molar-refractivity contribution >= 4 is 38.9 Å². The number of carbonyl (C=O) groups is 1. The highest BCUT2D eigenvalue weighted by Crippen LogP contribution is 2.40. The fourth-order valence-corrected chi connectivity index (χ4v) is 3.51. The molecule has 0 saturated heterocycles. The Morgan fingerprint density at radius 3 is 2.68 bits per heavy atom. The van der Waals surface area contributed by atoms with E-state index in [1.807, 2.05) is 6.92 Å². The number of benzene rings is 1. The number of anilines is 1. The summed E-state index contributed by atoms with van der Waals surface area (Å²) < 4.78 is 14.0. The van der Waals surface area contributed by atoms with Gasteiger partial charge in [0.25, 0.3) is 0 Å². The summed E-state index contributed by atoms with van der Waals surface area (Å²) in [6.07, 6.45) is 0.596. The van der Waals surface area contributed by atoms with Crippen molar-refractivity contribution in [1.29, 1.82) is 0 Å². The third kappa shape index (κ3) is 2.64. The first-order valence-electron chi connectivity index (χ1n) is 5.55. The van der Waals surface area contributed by atoms with Crippen LogP contribution in [-0.4, -0.2) is 11.1 Å². The number of nitrogen functional groups attached to an aromatic ring is 1. The highest BCUT2D eigenvalue weighted by Gasteiger charge is 2.20.